The Morgan fingerprint density at radius 1 is 1.35 bits per heavy atom. The first-order chi connectivity index (χ1) is 8.11. The Morgan fingerprint density at radius 2 is 2.12 bits per heavy atom. The zero-order valence-corrected chi connectivity index (χ0v) is 11.7. The third-order valence-corrected chi connectivity index (χ3v) is 4.24. The Hall–Kier alpha value is -0.460. The Morgan fingerprint density at radius 3 is 2.65 bits per heavy atom. The molecule has 0 amide bonds. The van der Waals surface area contributed by atoms with Crippen LogP contribution in [0.3, 0.4) is 0 Å². The number of nitrogens with two attached hydrogens (primary N) is 1. The van der Waals surface area contributed by atoms with Gasteiger partial charge in [0.25, 0.3) is 0 Å². The standard InChI is InChI=1S/C11H9BrClFN2S/c12-10-4-3-9(17-10)11(16-15)7-2-1-6(13)5-8(7)14/h1-5,11,16H,15H2. The molecule has 0 bridgehead atoms. The molecule has 0 aliphatic rings. The smallest absolute Gasteiger partial charge is 0.129 e. The molecule has 0 radical (unpaired) electrons. The van der Waals surface area contributed by atoms with E-state index < -0.39 is 0 Å². The molecular formula is C11H9BrClFN2S. The Bertz CT molecular complexity index is 532. The van der Waals surface area contributed by atoms with E-state index in [4.69, 9.17) is 17.4 Å². The number of benzene rings is 1. The van der Waals surface area contributed by atoms with Gasteiger partial charge in [0, 0.05) is 15.5 Å². The third kappa shape index (κ3) is 2.86. The van der Waals surface area contributed by atoms with Gasteiger partial charge in [-0.25, -0.2) is 9.82 Å². The molecule has 2 nitrogen and oxygen atoms in total. The van der Waals surface area contributed by atoms with Crippen molar-refractivity contribution in [3.63, 3.8) is 0 Å². The summed E-state index contributed by atoms with van der Waals surface area (Å²) in [5.41, 5.74) is 3.09. The third-order valence-electron chi connectivity index (χ3n) is 2.32. The molecule has 0 saturated carbocycles. The van der Waals surface area contributed by atoms with Gasteiger partial charge in [-0.15, -0.1) is 11.3 Å². The van der Waals surface area contributed by atoms with Crippen molar-refractivity contribution in [3.05, 3.63) is 55.4 Å². The highest BCUT2D eigenvalue weighted by atomic mass is 79.9. The first-order valence-electron chi connectivity index (χ1n) is 4.78. The van der Waals surface area contributed by atoms with Crippen LogP contribution in [0.15, 0.2) is 34.1 Å². The molecule has 17 heavy (non-hydrogen) atoms. The van der Waals surface area contributed by atoms with Crippen LogP contribution in [0, 0.1) is 5.82 Å². The fourth-order valence-electron chi connectivity index (χ4n) is 1.54. The first-order valence-corrected chi connectivity index (χ1v) is 6.77. The SMILES string of the molecule is NNC(c1ccc(Br)s1)c1ccc(Cl)cc1F. The normalized spacial score (nSPS) is 12.7. The van der Waals surface area contributed by atoms with E-state index in [9.17, 15) is 4.39 Å². The fraction of sp³-hybridized carbons (Fsp3) is 0.0909. The van der Waals surface area contributed by atoms with E-state index in [0.29, 0.717) is 10.6 Å². The molecule has 1 atom stereocenters. The van der Waals surface area contributed by atoms with Gasteiger partial charge in [0.1, 0.15) is 5.82 Å². The number of thiophene rings is 1. The summed E-state index contributed by atoms with van der Waals surface area (Å²) in [6.45, 7) is 0. The summed E-state index contributed by atoms with van der Waals surface area (Å²) >= 11 is 10.6. The van der Waals surface area contributed by atoms with E-state index in [1.165, 1.54) is 17.4 Å². The minimum atomic E-state index is -0.372. The van der Waals surface area contributed by atoms with E-state index in [2.05, 4.69) is 21.4 Å². The van der Waals surface area contributed by atoms with Gasteiger partial charge in [0.05, 0.1) is 9.83 Å². The summed E-state index contributed by atoms with van der Waals surface area (Å²) in [5.74, 6) is 5.12. The Kier molecular flexibility index (Phi) is 4.17. The van der Waals surface area contributed by atoms with Crippen LogP contribution in [0.25, 0.3) is 0 Å². The van der Waals surface area contributed by atoms with Gasteiger partial charge in [-0.2, -0.15) is 0 Å². The highest BCUT2D eigenvalue weighted by molar-refractivity contribution is 9.11. The van der Waals surface area contributed by atoms with Crippen LogP contribution in [0.1, 0.15) is 16.5 Å². The van der Waals surface area contributed by atoms with Crippen molar-refractivity contribution in [2.75, 3.05) is 0 Å². The molecule has 1 heterocycles. The lowest BCUT2D eigenvalue weighted by Gasteiger charge is -2.15. The first kappa shape index (κ1) is 13.0. The molecule has 1 aromatic heterocycles. The second-order valence-corrected chi connectivity index (χ2v) is 6.34. The van der Waals surface area contributed by atoms with Crippen molar-refractivity contribution < 1.29 is 4.39 Å². The molecule has 3 N–H and O–H groups in total. The largest absolute Gasteiger partial charge is 0.271 e. The van der Waals surface area contributed by atoms with E-state index in [0.717, 1.165) is 8.66 Å². The molecule has 0 fully saturated rings. The maximum atomic E-state index is 13.8. The van der Waals surface area contributed by atoms with Gasteiger partial charge in [-0.1, -0.05) is 17.7 Å². The van der Waals surface area contributed by atoms with Crippen LogP contribution >= 0.6 is 38.9 Å². The summed E-state index contributed by atoms with van der Waals surface area (Å²) < 4.78 is 14.8. The minimum absolute atomic E-state index is 0.370. The summed E-state index contributed by atoms with van der Waals surface area (Å²) in [7, 11) is 0. The fourth-order valence-corrected chi connectivity index (χ4v) is 3.21. The minimum Gasteiger partial charge on any atom is -0.271 e. The summed E-state index contributed by atoms with van der Waals surface area (Å²) in [6.07, 6.45) is 0. The monoisotopic (exact) mass is 334 g/mol. The summed E-state index contributed by atoms with van der Waals surface area (Å²) in [6, 6.07) is 7.99. The van der Waals surface area contributed by atoms with Crippen LogP contribution in [0.2, 0.25) is 5.02 Å². The van der Waals surface area contributed by atoms with Gasteiger partial charge in [0.2, 0.25) is 0 Å². The van der Waals surface area contributed by atoms with Crippen molar-refractivity contribution in [1.29, 1.82) is 0 Å². The van der Waals surface area contributed by atoms with Gasteiger partial charge >= 0.3 is 0 Å². The van der Waals surface area contributed by atoms with Crippen molar-refractivity contribution in [1.82, 2.24) is 5.43 Å². The quantitative estimate of drug-likeness (QED) is 0.660. The zero-order valence-electron chi connectivity index (χ0n) is 8.58. The van der Waals surface area contributed by atoms with Crippen LogP contribution in [0.5, 0.6) is 0 Å². The van der Waals surface area contributed by atoms with E-state index in [-0.39, 0.29) is 11.9 Å². The summed E-state index contributed by atoms with van der Waals surface area (Å²) in [4.78, 5) is 0.931. The second-order valence-electron chi connectivity index (χ2n) is 3.41. The summed E-state index contributed by atoms with van der Waals surface area (Å²) in [5, 5.41) is 0.370. The second kappa shape index (κ2) is 5.46. The van der Waals surface area contributed by atoms with Crippen molar-refractivity contribution in [3.8, 4) is 0 Å². The number of hydrogen-bond donors (Lipinski definition) is 2. The van der Waals surface area contributed by atoms with Crippen LogP contribution in [0.4, 0.5) is 4.39 Å². The van der Waals surface area contributed by atoms with Crippen molar-refractivity contribution in [2.24, 2.45) is 5.84 Å². The van der Waals surface area contributed by atoms with Crippen molar-refractivity contribution in [2.45, 2.75) is 6.04 Å². The topological polar surface area (TPSA) is 38.0 Å². The molecule has 90 valence electrons. The average Bonchev–Trinajstić information content (AvgIpc) is 2.69. The van der Waals surface area contributed by atoms with Gasteiger partial charge in [-0.3, -0.25) is 5.84 Å². The van der Waals surface area contributed by atoms with Crippen LogP contribution in [-0.4, -0.2) is 0 Å². The van der Waals surface area contributed by atoms with Gasteiger partial charge < -0.3 is 0 Å². The molecule has 1 aromatic carbocycles. The van der Waals surface area contributed by atoms with E-state index in [1.807, 2.05) is 12.1 Å². The number of hydrogen-bond acceptors (Lipinski definition) is 3. The Balaban J connectivity index is 2.42. The molecule has 2 rings (SSSR count). The maximum Gasteiger partial charge on any atom is 0.129 e. The van der Waals surface area contributed by atoms with Gasteiger partial charge in [-0.05, 0) is 40.2 Å². The molecule has 0 spiro atoms. The molecule has 0 aliphatic carbocycles. The van der Waals surface area contributed by atoms with Crippen LogP contribution < -0.4 is 11.3 Å². The molecule has 0 aliphatic heterocycles. The maximum absolute atomic E-state index is 13.8. The van der Waals surface area contributed by atoms with Crippen molar-refractivity contribution >= 4 is 38.9 Å². The molecule has 6 heteroatoms. The highest BCUT2D eigenvalue weighted by Crippen LogP contribution is 2.32. The number of rotatable bonds is 3. The van der Waals surface area contributed by atoms with Crippen LogP contribution in [-0.2, 0) is 0 Å². The zero-order chi connectivity index (χ0) is 12.4. The highest BCUT2D eigenvalue weighted by Gasteiger charge is 2.18. The Labute approximate surface area is 116 Å². The number of halogens is 3. The molecule has 1 unspecified atom stereocenters. The van der Waals surface area contributed by atoms with Gasteiger partial charge in [0.15, 0.2) is 0 Å². The lowest BCUT2D eigenvalue weighted by Crippen LogP contribution is -2.28. The average molecular weight is 336 g/mol. The molecular weight excluding hydrogens is 327 g/mol. The molecule has 0 saturated heterocycles. The lowest BCUT2D eigenvalue weighted by atomic mass is 10.1. The predicted molar refractivity (Wildman–Crippen MR) is 72.6 cm³/mol. The van der Waals surface area contributed by atoms with E-state index in [1.54, 1.807) is 12.1 Å². The lowest BCUT2D eigenvalue weighted by molar-refractivity contribution is 0.564. The molecule has 2 aromatic rings. The number of hydrazine groups is 1. The number of nitrogens with one attached hydrogen (secondary N) is 1. The predicted octanol–water partition coefficient (Wildman–Crippen LogP) is 3.86. The van der Waals surface area contributed by atoms with E-state index >= 15 is 0 Å².